The van der Waals surface area contributed by atoms with Crippen LogP contribution >= 0.6 is 12.4 Å². The van der Waals surface area contributed by atoms with Gasteiger partial charge in [-0.25, -0.2) is 5.48 Å². The topological polar surface area (TPSA) is 58.6 Å². The molecule has 2 N–H and O–H groups in total. The molecule has 16 heavy (non-hydrogen) atoms. The molecule has 0 bridgehead atoms. The first-order valence-corrected chi connectivity index (χ1v) is 4.89. The standard InChI is InChI=1S/C11H15NO3.ClH/c13-11(14)7-4-8-12-15-9-10-5-2-1-3-6-10;/h1-3,5-6,12H,4,7-9H2,(H,13,14);1H. The van der Waals surface area contributed by atoms with Crippen LogP contribution in [0.15, 0.2) is 30.3 Å². The maximum Gasteiger partial charge on any atom is 0.303 e. The summed E-state index contributed by atoms with van der Waals surface area (Å²) in [5.74, 6) is -0.778. The molecule has 0 aliphatic rings. The molecule has 90 valence electrons. The first-order valence-electron chi connectivity index (χ1n) is 4.89. The Balaban J connectivity index is 0.00000225. The minimum Gasteiger partial charge on any atom is -0.481 e. The Bertz CT molecular complexity index is 293. The Morgan fingerprint density at radius 3 is 2.62 bits per heavy atom. The summed E-state index contributed by atoms with van der Waals surface area (Å²) in [6.07, 6.45) is 0.742. The molecule has 1 rings (SSSR count). The van der Waals surface area contributed by atoms with Crippen molar-refractivity contribution < 1.29 is 14.7 Å². The summed E-state index contributed by atoms with van der Waals surface area (Å²) in [4.78, 5) is 15.3. The number of carboxylic acid groups (broad SMARTS) is 1. The van der Waals surface area contributed by atoms with Crippen LogP contribution in [-0.4, -0.2) is 17.6 Å². The van der Waals surface area contributed by atoms with Gasteiger partial charge >= 0.3 is 5.97 Å². The molecule has 0 aliphatic heterocycles. The lowest BCUT2D eigenvalue weighted by Crippen LogP contribution is -2.16. The van der Waals surface area contributed by atoms with Crippen molar-refractivity contribution in [3.8, 4) is 0 Å². The molecule has 0 aliphatic carbocycles. The van der Waals surface area contributed by atoms with Gasteiger partial charge in [-0.3, -0.25) is 9.63 Å². The largest absolute Gasteiger partial charge is 0.481 e. The number of halogens is 1. The lowest BCUT2D eigenvalue weighted by molar-refractivity contribution is -0.137. The van der Waals surface area contributed by atoms with E-state index in [0.717, 1.165) is 5.56 Å². The van der Waals surface area contributed by atoms with Gasteiger partial charge in [-0.1, -0.05) is 30.3 Å². The number of benzene rings is 1. The van der Waals surface area contributed by atoms with Gasteiger partial charge in [0.05, 0.1) is 6.61 Å². The Labute approximate surface area is 101 Å². The first kappa shape index (κ1) is 14.9. The monoisotopic (exact) mass is 245 g/mol. The number of nitrogens with one attached hydrogen (secondary N) is 1. The molecule has 0 atom stereocenters. The fourth-order valence-corrected chi connectivity index (χ4v) is 1.09. The summed E-state index contributed by atoms with van der Waals surface area (Å²) >= 11 is 0. The SMILES string of the molecule is Cl.O=C(O)CCCNOCc1ccccc1. The maximum atomic E-state index is 10.2. The van der Waals surface area contributed by atoms with Crippen molar-refractivity contribution in [3.63, 3.8) is 0 Å². The number of hydrogen-bond acceptors (Lipinski definition) is 3. The Morgan fingerprint density at radius 1 is 1.31 bits per heavy atom. The molecule has 1 aromatic rings. The molecule has 0 saturated heterocycles. The number of carbonyl (C=O) groups is 1. The molecule has 1 aromatic carbocycles. The summed E-state index contributed by atoms with van der Waals surface area (Å²) in [5.41, 5.74) is 3.81. The zero-order chi connectivity index (χ0) is 10.9. The van der Waals surface area contributed by atoms with Crippen molar-refractivity contribution in [1.82, 2.24) is 5.48 Å². The first-order chi connectivity index (χ1) is 7.29. The summed E-state index contributed by atoms with van der Waals surface area (Å²) in [7, 11) is 0. The third-order valence-electron chi connectivity index (χ3n) is 1.85. The van der Waals surface area contributed by atoms with E-state index in [2.05, 4.69) is 5.48 Å². The van der Waals surface area contributed by atoms with E-state index in [1.54, 1.807) is 0 Å². The molecule has 0 aromatic heterocycles. The smallest absolute Gasteiger partial charge is 0.303 e. The molecule has 0 saturated carbocycles. The Kier molecular flexibility index (Phi) is 8.52. The molecule has 0 radical (unpaired) electrons. The van der Waals surface area contributed by atoms with E-state index in [0.29, 0.717) is 19.6 Å². The molecule has 5 heteroatoms. The van der Waals surface area contributed by atoms with Gasteiger partial charge in [0.25, 0.3) is 0 Å². The van der Waals surface area contributed by atoms with Crippen molar-refractivity contribution >= 4 is 18.4 Å². The van der Waals surface area contributed by atoms with Crippen molar-refractivity contribution in [2.24, 2.45) is 0 Å². The number of carboxylic acids is 1. The molecule has 0 unspecified atom stereocenters. The van der Waals surface area contributed by atoms with Crippen LogP contribution in [0.1, 0.15) is 18.4 Å². The fraction of sp³-hybridized carbons (Fsp3) is 0.364. The minimum absolute atomic E-state index is 0. The third kappa shape index (κ3) is 7.23. The van der Waals surface area contributed by atoms with Gasteiger partial charge in [-0.15, -0.1) is 12.4 Å². The molecule has 4 nitrogen and oxygen atoms in total. The summed E-state index contributed by atoms with van der Waals surface area (Å²) in [6, 6.07) is 9.79. The number of hydroxylamine groups is 1. The van der Waals surface area contributed by atoms with Gasteiger partial charge in [0, 0.05) is 13.0 Å². The van der Waals surface area contributed by atoms with Gasteiger partial charge in [-0.2, -0.15) is 0 Å². The van der Waals surface area contributed by atoms with Crippen molar-refractivity contribution in [2.45, 2.75) is 19.4 Å². The van der Waals surface area contributed by atoms with Crippen LogP contribution in [0.25, 0.3) is 0 Å². The minimum atomic E-state index is -0.778. The fourth-order valence-electron chi connectivity index (χ4n) is 1.09. The normalized spacial score (nSPS) is 9.50. The highest BCUT2D eigenvalue weighted by molar-refractivity contribution is 5.85. The molecule has 0 amide bonds. The number of aliphatic carboxylic acids is 1. The van der Waals surface area contributed by atoms with E-state index in [4.69, 9.17) is 9.94 Å². The van der Waals surface area contributed by atoms with E-state index in [1.807, 2.05) is 30.3 Å². The van der Waals surface area contributed by atoms with Gasteiger partial charge < -0.3 is 5.11 Å². The van der Waals surface area contributed by atoms with Gasteiger partial charge in [-0.05, 0) is 12.0 Å². The van der Waals surface area contributed by atoms with Crippen LogP contribution in [0.2, 0.25) is 0 Å². The highest BCUT2D eigenvalue weighted by atomic mass is 35.5. The van der Waals surface area contributed by atoms with Crippen LogP contribution in [0, 0.1) is 0 Å². The predicted molar refractivity (Wildman–Crippen MR) is 63.4 cm³/mol. The molecule has 0 spiro atoms. The lowest BCUT2D eigenvalue weighted by Gasteiger charge is -2.04. The second kappa shape index (κ2) is 9.15. The van der Waals surface area contributed by atoms with Crippen molar-refractivity contribution in [3.05, 3.63) is 35.9 Å². The van der Waals surface area contributed by atoms with E-state index in [9.17, 15) is 4.79 Å². The zero-order valence-electron chi connectivity index (χ0n) is 8.89. The highest BCUT2D eigenvalue weighted by Gasteiger charge is 1.96. The summed E-state index contributed by atoms with van der Waals surface area (Å²) in [6.45, 7) is 1.05. The van der Waals surface area contributed by atoms with Crippen LogP contribution in [0.3, 0.4) is 0 Å². The summed E-state index contributed by atoms with van der Waals surface area (Å²) < 4.78 is 0. The van der Waals surface area contributed by atoms with Crippen molar-refractivity contribution in [2.75, 3.05) is 6.54 Å². The zero-order valence-corrected chi connectivity index (χ0v) is 9.70. The average Bonchev–Trinajstić information content (AvgIpc) is 2.24. The maximum absolute atomic E-state index is 10.2. The van der Waals surface area contributed by atoms with Crippen molar-refractivity contribution in [1.29, 1.82) is 0 Å². The molecular weight excluding hydrogens is 230 g/mol. The molecular formula is C11H16ClNO3. The van der Waals surface area contributed by atoms with E-state index in [-0.39, 0.29) is 18.8 Å². The van der Waals surface area contributed by atoms with Crippen LogP contribution in [0.5, 0.6) is 0 Å². The van der Waals surface area contributed by atoms with Gasteiger partial charge in [0.15, 0.2) is 0 Å². The predicted octanol–water partition coefficient (Wildman–Crippen LogP) is 1.99. The second-order valence-electron chi connectivity index (χ2n) is 3.17. The van der Waals surface area contributed by atoms with Crippen LogP contribution in [-0.2, 0) is 16.2 Å². The van der Waals surface area contributed by atoms with E-state index >= 15 is 0 Å². The molecule has 0 fully saturated rings. The Morgan fingerprint density at radius 2 is 2.00 bits per heavy atom. The quantitative estimate of drug-likeness (QED) is 0.570. The summed E-state index contributed by atoms with van der Waals surface area (Å²) in [5, 5.41) is 8.38. The van der Waals surface area contributed by atoms with E-state index in [1.165, 1.54) is 0 Å². The van der Waals surface area contributed by atoms with Gasteiger partial charge in [0.1, 0.15) is 0 Å². The molecule has 0 heterocycles. The Hall–Kier alpha value is -1.10. The van der Waals surface area contributed by atoms with Gasteiger partial charge in [0.2, 0.25) is 0 Å². The number of hydrogen-bond donors (Lipinski definition) is 2. The number of rotatable bonds is 7. The average molecular weight is 246 g/mol. The second-order valence-corrected chi connectivity index (χ2v) is 3.17. The highest BCUT2D eigenvalue weighted by Crippen LogP contribution is 1.98. The van der Waals surface area contributed by atoms with Crippen LogP contribution < -0.4 is 5.48 Å². The van der Waals surface area contributed by atoms with E-state index < -0.39 is 5.97 Å². The third-order valence-corrected chi connectivity index (χ3v) is 1.85. The van der Waals surface area contributed by atoms with Crippen LogP contribution in [0.4, 0.5) is 0 Å². The lowest BCUT2D eigenvalue weighted by atomic mass is 10.2.